The summed E-state index contributed by atoms with van der Waals surface area (Å²) in [4.78, 5) is 12.7. The largest absolute Gasteiger partial charge is 0.325 e. The molecule has 2 aromatic carbocycles. The summed E-state index contributed by atoms with van der Waals surface area (Å²) in [6.07, 6.45) is 4.67. The summed E-state index contributed by atoms with van der Waals surface area (Å²) in [6, 6.07) is 10.1. The lowest BCUT2D eigenvalue weighted by molar-refractivity contribution is -0.114. The second-order valence-electron chi connectivity index (χ2n) is 7.76. The maximum Gasteiger partial charge on any atom is 0.245 e. The molecule has 0 radical (unpaired) electrons. The van der Waals surface area contributed by atoms with Crippen LogP contribution in [0.25, 0.3) is 0 Å². The van der Waals surface area contributed by atoms with E-state index in [1.165, 1.54) is 46.8 Å². The first-order valence-electron chi connectivity index (χ1n) is 10.3. The van der Waals surface area contributed by atoms with Gasteiger partial charge in [0.2, 0.25) is 26.0 Å². The molecule has 1 N–H and O–H groups in total. The van der Waals surface area contributed by atoms with Gasteiger partial charge in [-0.1, -0.05) is 36.0 Å². The Morgan fingerprint density at radius 3 is 2.12 bits per heavy atom. The average molecular weight is 534 g/mol. The van der Waals surface area contributed by atoms with Gasteiger partial charge in [-0.25, -0.2) is 16.8 Å². The Kier molecular flexibility index (Phi) is 8.28. The van der Waals surface area contributed by atoms with Crippen molar-refractivity contribution in [1.29, 1.82) is 0 Å². The Hall–Kier alpha value is -1.85. The van der Waals surface area contributed by atoms with E-state index in [0.29, 0.717) is 23.8 Å². The monoisotopic (exact) mass is 533 g/mol. The van der Waals surface area contributed by atoms with Crippen LogP contribution in [0.15, 0.2) is 47.4 Å². The van der Waals surface area contributed by atoms with Gasteiger partial charge in [-0.3, -0.25) is 9.10 Å². The second-order valence-corrected chi connectivity index (χ2v) is 12.4. The van der Waals surface area contributed by atoms with Crippen LogP contribution in [0.3, 0.4) is 0 Å². The molecule has 33 heavy (non-hydrogen) atoms. The van der Waals surface area contributed by atoms with Gasteiger partial charge < -0.3 is 5.32 Å². The molecule has 1 fully saturated rings. The fraction of sp³-hybridized carbons (Fsp3) is 0.381. The highest BCUT2D eigenvalue weighted by Gasteiger charge is 2.26. The van der Waals surface area contributed by atoms with E-state index >= 15 is 0 Å². The Labute approximate surface area is 204 Å². The number of carbonyl (C=O) groups excluding carboxylic acids is 1. The highest BCUT2D eigenvalue weighted by atomic mass is 35.5. The van der Waals surface area contributed by atoms with Gasteiger partial charge >= 0.3 is 0 Å². The molecule has 1 aliphatic heterocycles. The third-order valence-electron chi connectivity index (χ3n) is 5.21. The van der Waals surface area contributed by atoms with Crippen LogP contribution < -0.4 is 9.62 Å². The van der Waals surface area contributed by atoms with E-state index in [1.807, 2.05) is 0 Å². The molecule has 0 saturated carbocycles. The molecule has 12 heteroatoms. The predicted octanol–water partition coefficient (Wildman–Crippen LogP) is 3.96. The van der Waals surface area contributed by atoms with E-state index in [-0.39, 0.29) is 15.6 Å². The van der Waals surface area contributed by atoms with Crippen LogP contribution in [0.4, 0.5) is 11.4 Å². The second kappa shape index (κ2) is 10.6. The number of sulfonamides is 2. The molecule has 1 heterocycles. The van der Waals surface area contributed by atoms with Crippen molar-refractivity contribution in [3.8, 4) is 0 Å². The van der Waals surface area contributed by atoms with E-state index < -0.39 is 32.5 Å². The van der Waals surface area contributed by atoms with Crippen LogP contribution in [0.5, 0.6) is 0 Å². The van der Waals surface area contributed by atoms with Crippen molar-refractivity contribution in [2.75, 3.05) is 35.5 Å². The van der Waals surface area contributed by atoms with Crippen LogP contribution in [0.2, 0.25) is 10.0 Å². The van der Waals surface area contributed by atoms with Crippen LogP contribution in [0.1, 0.15) is 25.7 Å². The molecule has 0 spiro atoms. The minimum absolute atomic E-state index is 0.0868. The molecule has 0 bridgehead atoms. The number of halogens is 2. The van der Waals surface area contributed by atoms with Gasteiger partial charge in [0.05, 0.1) is 21.9 Å². The quantitative estimate of drug-likeness (QED) is 0.579. The van der Waals surface area contributed by atoms with Crippen molar-refractivity contribution in [3.05, 3.63) is 52.5 Å². The fourth-order valence-corrected chi connectivity index (χ4v) is 6.48. The van der Waals surface area contributed by atoms with Gasteiger partial charge in [0, 0.05) is 23.8 Å². The molecule has 8 nitrogen and oxygen atoms in total. The molecular formula is C21H25Cl2N3O5S2. The van der Waals surface area contributed by atoms with Crippen LogP contribution in [0, 0.1) is 0 Å². The summed E-state index contributed by atoms with van der Waals surface area (Å²) in [5, 5.41) is 3.01. The summed E-state index contributed by atoms with van der Waals surface area (Å²) in [7, 11) is -7.43. The summed E-state index contributed by atoms with van der Waals surface area (Å²) in [5.41, 5.74) is 0.461. The van der Waals surface area contributed by atoms with Crippen LogP contribution in [-0.2, 0) is 24.8 Å². The molecular weight excluding hydrogens is 509 g/mol. The van der Waals surface area contributed by atoms with Crippen molar-refractivity contribution in [3.63, 3.8) is 0 Å². The highest BCUT2D eigenvalue weighted by Crippen LogP contribution is 2.30. The number of benzene rings is 2. The van der Waals surface area contributed by atoms with E-state index in [0.717, 1.165) is 36.2 Å². The highest BCUT2D eigenvalue weighted by molar-refractivity contribution is 7.92. The lowest BCUT2D eigenvalue weighted by atomic mass is 10.2. The number of nitrogens with zero attached hydrogens (tertiary/aromatic N) is 2. The molecule has 0 aliphatic carbocycles. The van der Waals surface area contributed by atoms with Gasteiger partial charge in [-0.2, -0.15) is 4.31 Å². The topological polar surface area (TPSA) is 104 Å². The van der Waals surface area contributed by atoms with Crippen molar-refractivity contribution in [1.82, 2.24) is 4.31 Å². The minimum atomic E-state index is -3.82. The number of amides is 1. The maximum absolute atomic E-state index is 12.9. The summed E-state index contributed by atoms with van der Waals surface area (Å²) >= 11 is 12.0. The molecule has 1 aliphatic rings. The van der Waals surface area contributed by atoms with E-state index in [9.17, 15) is 21.6 Å². The lowest BCUT2D eigenvalue weighted by Gasteiger charge is -2.23. The van der Waals surface area contributed by atoms with E-state index in [1.54, 1.807) is 0 Å². The number of hydrogen-bond acceptors (Lipinski definition) is 5. The third kappa shape index (κ3) is 6.60. The normalized spacial score (nSPS) is 15.6. The van der Waals surface area contributed by atoms with Gasteiger partial charge in [0.1, 0.15) is 6.54 Å². The van der Waals surface area contributed by atoms with Crippen LogP contribution >= 0.6 is 23.2 Å². The Balaban J connectivity index is 1.73. The standard InChI is InChI=1S/C21H25Cl2N3O5S2/c1-32(28,29)26(20-11-6-16(22)14-19(20)23)15-21(27)24-17-7-9-18(10-8-17)33(30,31)25-12-4-2-3-5-13-25/h6-11,14H,2-5,12-13,15H2,1H3,(H,24,27). The Morgan fingerprint density at radius 2 is 1.58 bits per heavy atom. The number of hydrogen-bond donors (Lipinski definition) is 1. The van der Waals surface area contributed by atoms with Crippen molar-refractivity contribution in [2.24, 2.45) is 0 Å². The first-order chi connectivity index (χ1) is 15.5. The summed E-state index contributed by atoms with van der Waals surface area (Å²) in [6.45, 7) is 0.471. The van der Waals surface area contributed by atoms with Gasteiger partial charge in [0.15, 0.2) is 0 Å². The predicted molar refractivity (Wildman–Crippen MR) is 131 cm³/mol. The number of anilines is 2. The molecule has 1 saturated heterocycles. The first kappa shape index (κ1) is 25.8. The van der Waals surface area contributed by atoms with Gasteiger partial charge in [0.25, 0.3) is 0 Å². The number of nitrogens with one attached hydrogen (secondary N) is 1. The third-order valence-corrected chi connectivity index (χ3v) is 8.78. The van der Waals surface area contributed by atoms with Gasteiger partial charge in [-0.15, -0.1) is 0 Å². The Bertz CT molecular complexity index is 1210. The average Bonchev–Trinajstić information content (AvgIpc) is 3.02. The van der Waals surface area contributed by atoms with Crippen molar-refractivity contribution < 1.29 is 21.6 Å². The molecule has 180 valence electrons. The zero-order valence-electron chi connectivity index (χ0n) is 18.0. The molecule has 0 atom stereocenters. The van der Waals surface area contributed by atoms with E-state index in [2.05, 4.69) is 5.32 Å². The lowest BCUT2D eigenvalue weighted by Crippen LogP contribution is -2.37. The summed E-state index contributed by atoms with van der Waals surface area (Å²) in [5.74, 6) is -0.616. The molecule has 2 aromatic rings. The van der Waals surface area contributed by atoms with Crippen molar-refractivity contribution >= 4 is 60.5 Å². The zero-order valence-corrected chi connectivity index (χ0v) is 21.1. The van der Waals surface area contributed by atoms with Gasteiger partial charge in [-0.05, 0) is 55.3 Å². The molecule has 3 rings (SSSR count). The minimum Gasteiger partial charge on any atom is -0.325 e. The van der Waals surface area contributed by atoms with E-state index in [4.69, 9.17) is 23.2 Å². The SMILES string of the molecule is CS(=O)(=O)N(CC(=O)Nc1ccc(S(=O)(=O)N2CCCCCC2)cc1)c1ccc(Cl)cc1Cl. The van der Waals surface area contributed by atoms with Crippen molar-refractivity contribution in [2.45, 2.75) is 30.6 Å². The molecule has 1 amide bonds. The summed E-state index contributed by atoms with van der Waals surface area (Å²) < 4.78 is 52.7. The fourth-order valence-electron chi connectivity index (χ4n) is 3.54. The zero-order chi connectivity index (χ0) is 24.2. The smallest absolute Gasteiger partial charge is 0.245 e. The Morgan fingerprint density at radius 1 is 0.970 bits per heavy atom. The molecule has 0 aromatic heterocycles. The first-order valence-corrected chi connectivity index (χ1v) is 14.4. The molecule has 0 unspecified atom stereocenters. The maximum atomic E-state index is 12.9. The number of rotatable bonds is 7. The number of carbonyl (C=O) groups is 1. The van der Waals surface area contributed by atoms with Crippen LogP contribution in [-0.4, -0.2) is 52.9 Å².